The number of ketones is 2. The van der Waals surface area contributed by atoms with Crippen LogP contribution in [0.3, 0.4) is 0 Å². The average molecular weight is 286 g/mol. The molecule has 1 aromatic carbocycles. The van der Waals surface area contributed by atoms with Crippen molar-refractivity contribution in [2.75, 3.05) is 0 Å². The van der Waals surface area contributed by atoms with Gasteiger partial charge in [0.2, 0.25) is 0 Å². The molecule has 1 unspecified atom stereocenters. The van der Waals surface area contributed by atoms with Crippen molar-refractivity contribution in [1.82, 2.24) is 0 Å². The smallest absolute Gasteiger partial charge is 0.139 e. The highest BCUT2D eigenvalue weighted by Gasteiger charge is 2.26. The van der Waals surface area contributed by atoms with Crippen molar-refractivity contribution >= 4 is 11.6 Å². The van der Waals surface area contributed by atoms with Crippen LogP contribution < -0.4 is 0 Å². The fourth-order valence-electron chi connectivity index (χ4n) is 2.47. The van der Waals surface area contributed by atoms with Gasteiger partial charge in [-0.3, -0.25) is 9.59 Å². The van der Waals surface area contributed by atoms with E-state index in [1.807, 2.05) is 32.9 Å². The molecule has 0 saturated heterocycles. The van der Waals surface area contributed by atoms with Crippen molar-refractivity contribution in [2.24, 2.45) is 17.8 Å². The Morgan fingerprint density at radius 2 is 1.57 bits per heavy atom. The Hall–Kier alpha value is -1.44. The monoisotopic (exact) mass is 286 g/mol. The van der Waals surface area contributed by atoms with Crippen molar-refractivity contribution in [3.63, 3.8) is 0 Å². The molecule has 1 fully saturated rings. The van der Waals surface area contributed by atoms with E-state index in [-0.39, 0.29) is 17.6 Å². The molecule has 0 bridgehead atoms. The van der Waals surface area contributed by atoms with Crippen LogP contribution in [0.1, 0.15) is 51.2 Å². The second-order valence-electron chi connectivity index (χ2n) is 6.83. The minimum absolute atomic E-state index is 0.0877. The maximum Gasteiger partial charge on any atom is 0.139 e. The third-order valence-corrected chi connectivity index (χ3v) is 4.32. The van der Waals surface area contributed by atoms with Gasteiger partial charge >= 0.3 is 0 Å². The van der Waals surface area contributed by atoms with Gasteiger partial charge in [0.25, 0.3) is 0 Å². The Kier molecular flexibility index (Phi) is 5.33. The Morgan fingerprint density at radius 1 is 1.00 bits per heavy atom. The fraction of sp³-hybridized carbons (Fsp3) is 0.579. The van der Waals surface area contributed by atoms with Crippen molar-refractivity contribution < 1.29 is 9.59 Å². The minimum Gasteiger partial charge on any atom is -0.299 e. The summed E-state index contributed by atoms with van der Waals surface area (Å²) < 4.78 is 0. The summed E-state index contributed by atoms with van der Waals surface area (Å²) in [6.07, 6.45) is 4.55. The summed E-state index contributed by atoms with van der Waals surface area (Å²) in [5, 5.41) is 0. The molecule has 1 aromatic rings. The van der Waals surface area contributed by atoms with Gasteiger partial charge in [-0.15, -0.1) is 0 Å². The van der Waals surface area contributed by atoms with Crippen LogP contribution in [0.2, 0.25) is 0 Å². The number of Topliss-reactive ketones (excluding diaryl/α,β-unsaturated/α-hetero) is 2. The zero-order valence-corrected chi connectivity index (χ0v) is 13.4. The van der Waals surface area contributed by atoms with Crippen molar-refractivity contribution in [3.8, 4) is 0 Å². The van der Waals surface area contributed by atoms with Crippen LogP contribution in [0.4, 0.5) is 0 Å². The maximum absolute atomic E-state index is 12.0. The molecule has 1 aliphatic rings. The Bertz CT molecular complexity index is 495. The molecule has 2 rings (SSSR count). The first kappa shape index (κ1) is 15.9. The molecule has 0 aliphatic heterocycles. The van der Waals surface area contributed by atoms with Crippen LogP contribution in [0, 0.1) is 17.8 Å². The van der Waals surface area contributed by atoms with Crippen molar-refractivity contribution in [3.05, 3.63) is 35.4 Å². The SMILES string of the molecule is CC(C)C(=O)Cc1ccc(CC(C)C(=O)CC2CC2)cc1. The van der Waals surface area contributed by atoms with Gasteiger partial charge in [-0.1, -0.05) is 45.0 Å². The zero-order valence-electron chi connectivity index (χ0n) is 13.4. The predicted molar refractivity (Wildman–Crippen MR) is 85.2 cm³/mol. The lowest BCUT2D eigenvalue weighted by Gasteiger charge is -2.11. The molecular weight excluding hydrogens is 260 g/mol. The van der Waals surface area contributed by atoms with Gasteiger partial charge in [-0.25, -0.2) is 0 Å². The second-order valence-corrected chi connectivity index (χ2v) is 6.83. The van der Waals surface area contributed by atoms with E-state index >= 15 is 0 Å². The molecule has 0 heterocycles. The summed E-state index contributed by atoms with van der Waals surface area (Å²) in [6.45, 7) is 5.90. The lowest BCUT2D eigenvalue weighted by Crippen LogP contribution is -2.14. The van der Waals surface area contributed by atoms with Gasteiger partial charge in [-0.2, -0.15) is 0 Å². The van der Waals surface area contributed by atoms with Gasteiger partial charge in [0.1, 0.15) is 11.6 Å². The lowest BCUT2D eigenvalue weighted by atomic mass is 9.93. The van der Waals surface area contributed by atoms with Crippen LogP contribution in [0.5, 0.6) is 0 Å². The Morgan fingerprint density at radius 3 is 2.10 bits per heavy atom. The molecule has 1 aliphatic carbocycles. The number of rotatable bonds is 8. The average Bonchev–Trinajstić information content (AvgIpc) is 3.24. The van der Waals surface area contributed by atoms with Crippen LogP contribution in [0.15, 0.2) is 24.3 Å². The number of carbonyl (C=O) groups is 2. The van der Waals surface area contributed by atoms with Gasteiger partial charge in [0.15, 0.2) is 0 Å². The summed E-state index contributed by atoms with van der Waals surface area (Å²) in [5.41, 5.74) is 2.25. The quantitative estimate of drug-likeness (QED) is 0.724. The Labute approximate surface area is 127 Å². The highest BCUT2D eigenvalue weighted by molar-refractivity contribution is 5.82. The molecule has 2 nitrogen and oxygen atoms in total. The Balaban J connectivity index is 1.86. The predicted octanol–water partition coefficient (Wildman–Crippen LogP) is 4.00. The van der Waals surface area contributed by atoms with Crippen LogP contribution in [-0.4, -0.2) is 11.6 Å². The molecule has 0 radical (unpaired) electrons. The standard InChI is InChI=1S/C19H26O2/c1-13(2)18(20)11-16-6-4-15(5-7-16)10-14(3)19(21)12-17-8-9-17/h4-7,13-14,17H,8-12H2,1-3H3. The number of benzene rings is 1. The molecule has 21 heavy (non-hydrogen) atoms. The highest BCUT2D eigenvalue weighted by Crippen LogP contribution is 2.33. The molecule has 0 N–H and O–H groups in total. The number of hydrogen-bond acceptors (Lipinski definition) is 2. The summed E-state index contributed by atoms with van der Waals surface area (Å²) in [6, 6.07) is 8.16. The third-order valence-electron chi connectivity index (χ3n) is 4.32. The van der Waals surface area contributed by atoms with E-state index in [9.17, 15) is 9.59 Å². The van der Waals surface area contributed by atoms with E-state index in [2.05, 4.69) is 12.1 Å². The van der Waals surface area contributed by atoms with Crippen molar-refractivity contribution in [1.29, 1.82) is 0 Å². The highest BCUT2D eigenvalue weighted by atomic mass is 16.1. The second kappa shape index (κ2) is 7.02. The minimum atomic E-state index is 0.0877. The van der Waals surface area contributed by atoms with E-state index in [1.54, 1.807) is 0 Å². The van der Waals surface area contributed by atoms with Crippen LogP contribution in [0.25, 0.3) is 0 Å². The third kappa shape index (κ3) is 5.11. The lowest BCUT2D eigenvalue weighted by molar-refractivity contribution is -0.123. The molecule has 1 saturated carbocycles. The fourth-order valence-corrected chi connectivity index (χ4v) is 2.47. The van der Waals surface area contributed by atoms with E-state index < -0.39 is 0 Å². The molecule has 114 valence electrons. The zero-order chi connectivity index (χ0) is 15.4. The van der Waals surface area contributed by atoms with Gasteiger partial charge < -0.3 is 0 Å². The summed E-state index contributed by atoms with van der Waals surface area (Å²) in [4.78, 5) is 23.8. The molecular formula is C19H26O2. The topological polar surface area (TPSA) is 34.1 Å². The maximum atomic E-state index is 12.0. The van der Waals surface area contributed by atoms with E-state index in [4.69, 9.17) is 0 Å². The first-order chi connectivity index (χ1) is 9.95. The van der Waals surface area contributed by atoms with Gasteiger partial charge in [-0.05, 0) is 36.3 Å². The van der Waals surface area contributed by atoms with Gasteiger partial charge in [0.05, 0.1) is 0 Å². The van der Waals surface area contributed by atoms with E-state index in [0.29, 0.717) is 18.1 Å². The first-order valence-electron chi connectivity index (χ1n) is 8.09. The van der Waals surface area contributed by atoms with Crippen molar-refractivity contribution in [2.45, 2.75) is 52.9 Å². The van der Waals surface area contributed by atoms with Gasteiger partial charge in [0, 0.05) is 24.7 Å². The number of hydrogen-bond donors (Lipinski definition) is 0. The van der Waals surface area contributed by atoms with Crippen LogP contribution in [-0.2, 0) is 22.4 Å². The molecule has 0 aromatic heterocycles. The number of carbonyl (C=O) groups excluding carboxylic acids is 2. The first-order valence-corrected chi connectivity index (χ1v) is 8.09. The summed E-state index contributed by atoms with van der Waals surface area (Å²) in [5.74, 6) is 1.54. The van der Waals surface area contributed by atoms with E-state index in [1.165, 1.54) is 18.4 Å². The molecule has 0 spiro atoms. The summed E-state index contributed by atoms with van der Waals surface area (Å²) >= 11 is 0. The van der Waals surface area contributed by atoms with Crippen LogP contribution >= 0.6 is 0 Å². The normalized spacial score (nSPS) is 16.0. The molecule has 0 amide bonds. The molecule has 2 heteroatoms. The summed E-state index contributed by atoms with van der Waals surface area (Å²) in [7, 11) is 0. The molecule has 1 atom stereocenters. The van der Waals surface area contributed by atoms with E-state index in [0.717, 1.165) is 18.4 Å². The largest absolute Gasteiger partial charge is 0.299 e.